The zero-order valence-corrected chi connectivity index (χ0v) is 29.5. The fraction of sp³-hybridized carbons (Fsp3) is 0.220. The number of nitrogens with two attached hydrogens (primary N) is 1. The van der Waals surface area contributed by atoms with Crippen LogP contribution in [0.15, 0.2) is 102 Å². The number of hydrogen-bond acceptors (Lipinski definition) is 11. The number of ether oxygens (including phenoxy) is 4. The molecule has 14 nitrogen and oxygen atoms in total. The Hall–Kier alpha value is -6.64. The predicted molar refractivity (Wildman–Crippen MR) is 197 cm³/mol. The summed E-state index contributed by atoms with van der Waals surface area (Å²) in [5, 5.41) is 2.18. The molecule has 3 aromatic carbocycles. The van der Waals surface area contributed by atoms with Gasteiger partial charge in [-0.05, 0) is 96.4 Å². The zero-order chi connectivity index (χ0) is 38.3. The van der Waals surface area contributed by atoms with E-state index in [-0.39, 0.29) is 37.2 Å². The van der Waals surface area contributed by atoms with Gasteiger partial charge >= 0.3 is 0 Å². The normalized spacial score (nSPS) is 15.2. The first-order valence-electron chi connectivity index (χ1n) is 17.6. The van der Waals surface area contributed by atoms with Crippen LogP contribution in [0.2, 0.25) is 0 Å². The molecule has 0 radical (unpaired) electrons. The van der Waals surface area contributed by atoms with Crippen molar-refractivity contribution in [3.8, 4) is 45.3 Å². The topological polar surface area (TPSA) is 190 Å². The molecule has 1 fully saturated rings. The predicted octanol–water partition coefficient (Wildman–Crippen LogP) is 4.67. The maximum Gasteiger partial charge on any atom is 0.262 e. The molecular formula is C41H36N4O10. The third kappa shape index (κ3) is 8.45. The maximum atomic E-state index is 13.0. The van der Waals surface area contributed by atoms with Gasteiger partial charge in [0.15, 0.2) is 5.76 Å². The van der Waals surface area contributed by atoms with E-state index in [0.717, 1.165) is 27.3 Å². The molecule has 5 aromatic rings. The Morgan fingerprint density at radius 1 is 0.727 bits per heavy atom. The van der Waals surface area contributed by atoms with Crippen LogP contribution in [0.4, 0.5) is 0 Å². The average Bonchev–Trinajstić information content (AvgIpc) is 3.82. The van der Waals surface area contributed by atoms with E-state index in [1.165, 1.54) is 12.1 Å². The van der Waals surface area contributed by atoms with Gasteiger partial charge in [0.1, 0.15) is 36.4 Å². The first-order valence-corrected chi connectivity index (χ1v) is 17.6. The highest BCUT2D eigenvalue weighted by Crippen LogP contribution is 2.32. The van der Waals surface area contributed by atoms with Gasteiger partial charge in [0.25, 0.3) is 11.8 Å². The van der Waals surface area contributed by atoms with E-state index in [1.54, 1.807) is 30.5 Å². The Kier molecular flexibility index (Phi) is 11.1. The van der Waals surface area contributed by atoms with Gasteiger partial charge in [-0.15, -0.1) is 0 Å². The van der Waals surface area contributed by atoms with Crippen molar-refractivity contribution < 1.29 is 47.3 Å². The van der Waals surface area contributed by atoms with Crippen LogP contribution in [0.5, 0.6) is 11.5 Å². The van der Waals surface area contributed by atoms with Gasteiger partial charge in [0.05, 0.1) is 49.5 Å². The van der Waals surface area contributed by atoms with Crippen molar-refractivity contribution in [1.82, 2.24) is 15.2 Å². The summed E-state index contributed by atoms with van der Waals surface area (Å²) in [6.07, 6.45) is 1.74. The summed E-state index contributed by atoms with van der Waals surface area (Å²) in [5.41, 5.74) is 10.3. The van der Waals surface area contributed by atoms with Crippen molar-refractivity contribution in [1.29, 1.82) is 0 Å². The molecule has 2 aliphatic rings. The number of carbonyl (C=O) groups is 5. The number of rotatable bonds is 16. The molecule has 7 rings (SSSR count). The first kappa shape index (κ1) is 36.7. The molecule has 55 heavy (non-hydrogen) atoms. The smallest absolute Gasteiger partial charge is 0.262 e. The lowest BCUT2D eigenvalue weighted by molar-refractivity contribution is -0.136. The summed E-state index contributed by atoms with van der Waals surface area (Å²) in [7, 11) is 0. The van der Waals surface area contributed by atoms with E-state index in [0.29, 0.717) is 54.9 Å². The van der Waals surface area contributed by atoms with Gasteiger partial charge in [-0.2, -0.15) is 0 Å². The second-order valence-electron chi connectivity index (χ2n) is 12.6. The summed E-state index contributed by atoms with van der Waals surface area (Å²) in [6.45, 7) is 1.83. The van der Waals surface area contributed by atoms with Crippen LogP contribution in [0.1, 0.15) is 43.9 Å². The number of aromatic nitrogens is 1. The molecule has 0 saturated carbocycles. The summed E-state index contributed by atoms with van der Waals surface area (Å²) in [5.74, 6) is -1.06. The molecule has 5 amide bonds. The van der Waals surface area contributed by atoms with Gasteiger partial charge in [-0.25, -0.2) is 4.98 Å². The molecule has 1 saturated heterocycles. The summed E-state index contributed by atoms with van der Waals surface area (Å²) < 4.78 is 28.4. The molecule has 1 atom stereocenters. The van der Waals surface area contributed by atoms with Crippen LogP contribution in [0.3, 0.4) is 0 Å². The molecule has 0 aliphatic carbocycles. The van der Waals surface area contributed by atoms with Crippen molar-refractivity contribution in [2.45, 2.75) is 18.9 Å². The fourth-order valence-electron chi connectivity index (χ4n) is 6.24. The van der Waals surface area contributed by atoms with Crippen LogP contribution < -0.4 is 20.5 Å². The minimum absolute atomic E-state index is 0.0532. The van der Waals surface area contributed by atoms with Crippen LogP contribution in [0.25, 0.3) is 33.8 Å². The Morgan fingerprint density at radius 3 is 2.04 bits per heavy atom. The molecule has 2 aromatic heterocycles. The standard InChI is InChI=1S/C41H36N4O10/c42-38(47)27-5-3-25(4-6-27)28-22-33(43-34(23-28)36-2-1-15-55-36)26-7-9-29(10-8-26)53-20-18-51-16-17-52-19-21-54-30-11-12-31-32(24-30)41(50)45(40(31)49)35-13-14-37(46)44-39(35)48/h1-12,15,22-24,35H,13-14,16-21H2,(H2,42,47)(H,44,46,48). The molecule has 2 aliphatic heterocycles. The molecule has 14 heteroatoms. The van der Waals surface area contributed by atoms with Crippen molar-refractivity contribution in [2.75, 3.05) is 39.6 Å². The molecule has 1 unspecified atom stereocenters. The molecule has 3 N–H and O–H groups in total. The number of fused-ring (bicyclic) bond motifs is 1. The van der Waals surface area contributed by atoms with Crippen molar-refractivity contribution in [3.05, 3.63) is 114 Å². The van der Waals surface area contributed by atoms with Gasteiger partial charge in [-0.1, -0.05) is 12.1 Å². The summed E-state index contributed by atoms with van der Waals surface area (Å²) in [4.78, 5) is 66.9. The molecular weight excluding hydrogens is 708 g/mol. The van der Waals surface area contributed by atoms with E-state index in [1.807, 2.05) is 54.6 Å². The van der Waals surface area contributed by atoms with Crippen molar-refractivity contribution >= 4 is 29.5 Å². The third-order valence-corrected chi connectivity index (χ3v) is 9.03. The van der Waals surface area contributed by atoms with Crippen molar-refractivity contribution in [2.24, 2.45) is 5.73 Å². The number of pyridine rings is 1. The van der Waals surface area contributed by atoms with E-state index >= 15 is 0 Å². The van der Waals surface area contributed by atoms with Gasteiger partial charge in [-0.3, -0.25) is 34.2 Å². The number of imide groups is 2. The number of nitrogens with one attached hydrogen (secondary N) is 1. The fourth-order valence-corrected chi connectivity index (χ4v) is 6.24. The minimum Gasteiger partial charge on any atom is -0.491 e. The van der Waals surface area contributed by atoms with Gasteiger partial charge in [0, 0.05) is 17.5 Å². The average molecular weight is 745 g/mol. The van der Waals surface area contributed by atoms with E-state index in [2.05, 4.69) is 5.32 Å². The number of nitrogens with zero attached hydrogens (tertiary/aromatic N) is 2. The lowest BCUT2D eigenvalue weighted by atomic mass is 10.0. The van der Waals surface area contributed by atoms with Crippen molar-refractivity contribution in [3.63, 3.8) is 0 Å². The SMILES string of the molecule is NC(=O)c1ccc(-c2cc(-c3ccc(OCCOCCOCCOc4ccc5c(c4)C(=O)N(C4CCC(=O)NC4=O)C5=O)cc3)nc(-c3ccco3)c2)cc1. The number of hydrogen-bond donors (Lipinski definition) is 2. The summed E-state index contributed by atoms with van der Waals surface area (Å²) >= 11 is 0. The number of primary amides is 1. The largest absolute Gasteiger partial charge is 0.491 e. The van der Waals surface area contributed by atoms with Gasteiger partial charge in [0.2, 0.25) is 17.7 Å². The Balaban J connectivity index is 0.825. The maximum absolute atomic E-state index is 13.0. The van der Waals surface area contributed by atoms with Crippen LogP contribution in [-0.4, -0.2) is 85.1 Å². The molecule has 0 spiro atoms. The zero-order valence-electron chi connectivity index (χ0n) is 29.5. The first-order chi connectivity index (χ1) is 26.7. The lowest BCUT2D eigenvalue weighted by Gasteiger charge is -2.27. The van der Waals surface area contributed by atoms with Crippen LogP contribution >= 0.6 is 0 Å². The Bertz CT molecular complexity index is 2220. The minimum atomic E-state index is -1.03. The lowest BCUT2D eigenvalue weighted by Crippen LogP contribution is -2.54. The number of furan rings is 1. The highest BCUT2D eigenvalue weighted by Gasteiger charge is 2.44. The molecule has 0 bridgehead atoms. The third-order valence-electron chi connectivity index (χ3n) is 9.03. The van der Waals surface area contributed by atoms with E-state index in [4.69, 9.17) is 34.1 Å². The highest BCUT2D eigenvalue weighted by molar-refractivity contribution is 6.23. The van der Waals surface area contributed by atoms with Crippen LogP contribution in [-0.2, 0) is 19.1 Å². The molecule has 280 valence electrons. The quantitative estimate of drug-likeness (QED) is 0.106. The number of carbonyl (C=O) groups excluding carboxylic acids is 5. The number of amides is 5. The van der Waals surface area contributed by atoms with E-state index in [9.17, 15) is 24.0 Å². The van der Waals surface area contributed by atoms with Gasteiger partial charge < -0.3 is 29.1 Å². The van der Waals surface area contributed by atoms with Crippen LogP contribution in [0, 0.1) is 0 Å². The Labute approximate surface area is 315 Å². The molecule has 4 heterocycles. The monoisotopic (exact) mass is 744 g/mol. The number of piperidine rings is 1. The van der Waals surface area contributed by atoms with E-state index < -0.39 is 35.6 Å². The number of benzene rings is 3. The second-order valence-corrected chi connectivity index (χ2v) is 12.6. The Morgan fingerprint density at radius 2 is 1.36 bits per heavy atom. The highest BCUT2D eigenvalue weighted by atomic mass is 16.6. The second kappa shape index (κ2) is 16.6. The summed E-state index contributed by atoms with van der Waals surface area (Å²) in [6, 6.07) is 25.8.